The Morgan fingerprint density at radius 2 is 1.47 bits per heavy atom. The Bertz CT molecular complexity index is 163. The molecule has 0 aliphatic rings. The lowest BCUT2D eigenvalue weighted by Gasteiger charge is -2.37. The van der Waals surface area contributed by atoms with Crippen molar-refractivity contribution >= 4 is 0 Å². The van der Waals surface area contributed by atoms with E-state index in [1.54, 1.807) is 0 Å². The van der Waals surface area contributed by atoms with Gasteiger partial charge in [-0.15, -0.1) is 0 Å². The molecule has 92 valence electrons. The Morgan fingerprint density at radius 1 is 0.933 bits per heavy atom. The van der Waals surface area contributed by atoms with E-state index in [0.29, 0.717) is 10.8 Å². The smallest absolute Gasteiger partial charge is 0.0303 e. The third-order valence-electron chi connectivity index (χ3n) is 4.17. The molecule has 0 fully saturated rings. The summed E-state index contributed by atoms with van der Waals surface area (Å²) in [6.07, 6.45) is 6.77. The summed E-state index contributed by atoms with van der Waals surface area (Å²) in [5, 5.41) is 0. The van der Waals surface area contributed by atoms with Gasteiger partial charge in [0.15, 0.2) is 0 Å². The van der Waals surface area contributed by atoms with Crippen LogP contribution < -0.4 is 0 Å². The fourth-order valence-corrected chi connectivity index (χ4v) is 2.21. The minimum absolute atomic E-state index is 0.488. The van der Waals surface area contributed by atoms with Crippen LogP contribution in [0.5, 0.6) is 0 Å². The molecule has 15 heavy (non-hydrogen) atoms. The van der Waals surface area contributed by atoms with Crippen molar-refractivity contribution in [2.75, 3.05) is 0 Å². The molecule has 0 spiro atoms. The summed E-state index contributed by atoms with van der Waals surface area (Å²) in [5.41, 5.74) is 1.05. The van der Waals surface area contributed by atoms with Crippen molar-refractivity contribution in [3.05, 3.63) is 0 Å². The van der Waals surface area contributed by atoms with Gasteiger partial charge in [0.2, 0.25) is 0 Å². The molecule has 0 amide bonds. The molecule has 0 rings (SSSR count). The van der Waals surface area contributed by atoms with Crippen molar-refractivity contribution in [2.24, 2.45) is 16.7 Å². The number of hydrogen-bond donors (Lipinski definition) is 0. The van der Waals surface area contributed by atoms with Crippen LogP contribution in [0.3, 0.4) is 0 Å². The second kappa shape index (κ2) is 5.92. The van der Waals surface area contributed by atoms with Gasteiger partial charge in [-0.1, -0.05) is 67.7 Å². The van der Waals surface area contributed by atoms with E-state index in [1.165, 1.54) is 32.1 Å². The van der Waals surface area contributed by atoms with Gasteiger partial charge >= 0.3 is 0 Å². The van der Waals surface area contributed by atoms with Gasteiger partial charge in [0.25, 0.3) is 0 Å². The molecule has 0 N–H and O–H groups in total. The lowest BCUT2D eigenvalue weighted by atomic mass is 9.68. The lowest BCUT2D eigenvalue weighted by molar-refractivity contribution is 0.139. The molecule has 0 saturated carbocycles. The van der Waals surface area contributed by atoms with Crippen LogP contribution in [0.2, 0.25) is 0 Å². The Morgan fingerprint density at radius 3 is 1.80 bits per heavy atom. The van der Waals surface area contributed by atoms with Crippen molar-refractivity contribution in [3.8, 4) is 0 Å². The SMILES string of the molecule is CCCC(C)C(C)(CC)CCC(C)(C)C. The maximum atomic E-state index is 2.49. The van der Waals surface area contributed by atoms with Crippen LogP contribution in [0, 0.1) is 16.7 Å². The summed E-state index contributed by atoms with van der Waals surface area (Å²) in [5.74, 6) is 0.870. The maximum absolute atomic E-state index is 2.49. The summed E-state index contributed by atoms with van der Waals surface area (Å²) >= 11 is 0. The van der Waals surface area contributed by atoms with Crippen LogP contribution in [0.1, 0.15) is 80.6 Å². The molecule has 0 aliphatic heterocycles. The summed E-state index contributed by atoms with van der Waals surface area (Å²) in [4.78, 5) is 0. The van der Waals surface area contributed by atoms with Gasteiger partial charge in [-0.2, -0.15) is 0 Å². The van der Waals surface area contributed by atoms with Gasteiger partial charge in [0, 0.05) is 0 Å². The molecule has 0 heteroatoms. The summed E-state index contributed by atoms with van der Waals surface area (Å²) < 4.78 is 0. The predicted octanol–water partition coefficient (Wildman–Crippen LogP) is 5.67. The third kappa shape index (κ3) is 5.58. The molecule has 2 atom stereocenters. The molecule has 0 aromatic heterocycles. The van der Waals surface area contributed by atoms with Crippen molar-refractivity contribution in [2.45, 2.75) is 80.6 Å². The van der Waals surface area contributed by atoms with Crippen molar-refractivity contribution in [1.82, 2.24) is 0 Å². The van der Waals surface area contributed by atoms with Crippen molar-refractivity contribution in [1.29, 1.82) is 0 Å². The molecule has 0 radical (unpaired) electrons. The summed E-state index contributed by atoms with van der Waals surface area (Å²) in [7, 11) is 0. The lowest BCUT2D eigenvalue weighted by Crippen LogP contribution is -2.26. The van der Waals surface area contributed by atoms with Crippen LogP contribution >= 0.6 is 0 Å². The van der Waals surface area contributed by atoms with Crippen molar-refractivity contribution in [3.63, 3.8) is 0 Å². The second-order valence-electron chi connectivity index (χ2n) is 6.76. The highest BCUT2D eigenvalue weighted by Crippen LogP contribution is 2.41. The maximum Gasteiger partial charge on any atom is -0.0303 e. The third-order valence-corrected chi connectivity index (χ3v) is 4.17. The van der Waals surface area contributed by atoms with E-state index in [1.807, 2.05) is 0 Å². The molecule has 0 bridgehead atoms. The summed E-state index contributed by atoms with van der Waals surface area (Å²) in [6, 6.07) is 0. The highest BCUT2D eigenvalue weighted by Gasteiger charge is 2.29. The Hall–Kier alpha value is 0. The van der Waals surface area contributed by atoms with Gasteiger partial charge < -0.3 is 0 Å². The minimum atomic E-state index is 0.488. The Balaban J connectivity index is 4.30. The van der Waals surface area contributed by atoms with E-state index >= 15 is 0 Å². The van der Waals surface area contributed by atoms with Crippen LogP contribution in [-0.2, 0) is 0 Å². The standard InChI is InChI=1S/C15H32/c1-8-10-13(3)15(7,9-2)12-11-14(4,5)6/h13H,8-12H2,1-7H3. The predicted molar refractivity (Wildman–Crippen MR) is 71.2 cm³/mol. The van der Waals surface area contributed by atoms with Crippen LogP contribution in [-0.4, -0.2) is 0 Å². The Labute approximate surface area is 97.8 Å². The normalized spacial score (nSPS) is 18.6. The first-order chi connectivity index (χ1) is 6.75. The average Bonchev–Trinajstić information content (AvgIpc) is 2.13. The van der Waals surface area contributed by atoms with E-state index < -0.39 is 0 Å². The molecular weight excluding hydrogens is 180 g/mol. The van der Waals surface area contributed by atoms with Gasteiger partial charge in [-0.05, 0) is 29.6 Å². The van der Waals surface area contributed by atoms with Gasteiger partial charge in [0.1, 0.15) is 0 Å². The topological polar surface area (TPSA) is 0 Å². The number of hydrogen-bond acceptors (Lipinski definition) is 0. The molecule has 0 aliphatic carbocycles. The molecule has 0 aromatic rings. The molecule has 0 heterocycles. The molecular formula is C15H32. The Kier molecular flexibility index (Phi) is 5.92. The summed E-state index contributed by atoms with van der Waals surface area (Å²) in [6.45, 7) is 16.6. The highest BCUT2D eigenvalue weighted by atomic mass is 14.3. The zero-order chi connectivity index (χ0) is 12.1. The first kappa shape index (κ1) is 15.0. The van der Waals surface area contributed by atoms with E-state index in [4.69, 9.17) is 0 Å². The molecule has 0 aromatic carbocycles. The minimum Gasteiger partial charge on any atom is -0.0654 e. The molecule has 0 saturated heterocycles. The zero-order valence-corrected chi connectivity index (χ0v) is 12.1. The largest absolute Gasteiger partial charge is 0.0654 e. The van der Waals surface area contributed by atoms with Gasteiger partial charge in [0.05, 0.1) is 0 Å². The molecule has 2 unspecified atom stereocenters. The van der Waals surface area contributed by atoms with Crippen LogP contribution in [0.25, 0.3) is 0 Å². The van der Waals surface area contributed by atoms with Crippen molar-refractivity contribution < 1.29 is 0 Å². The zero-order valence-electron chi connectivity index (χ0n) is 12.1. The van der Waals surface area contributed by atoms with Crippen LogP contribution in [0.15, 0.2) is 0 Å². The van der Waals surface area contributed by atoms with Crippen LogP contribution in [0.4, 0.5) is 0 Å². The second-order valence-corrected chi connectivity index (χ2v) is 6.76. The van der Waals surface area contributed by atoms with Gasteiger partial charge in [-0.3, -0.25) is 0 Å². The van der Waals surface area contributed by atoms with E-state index in [-0.39, 0.29) is 0 Å². The van der Waals surface area contributed by atoms with Gasteiger partial charge in [-0.25, -0.2) is 0 Å². The first-order valence-corrected chi connectivity index (χ1v) is 6.75. The average molecular weight is 212 g/mol. The number of rotatable bonds is 6. The highest BCUT2D eigenvalue weighted by molar-refractivity contribution is 4.80. The first-order valence-electron chi connectivity index (χ1n) is 6.75. The van der Waals surface area contributed by atoms with E-state index in [2.05, 4.69) is 48.5 Å². The molecule has 0 nitrogen and oxygen atoms in total. The fraction of sp³-hybridized carbons (Fsp3) is 1.00. The van der Waals surface area contributed by atoms with E-state index in [0.717, 1.165) is 5.92 Å². The fourth-order valence-electron chi connectivity index (χ4n) is 2.21. The van der Waals surface area contributed by atoms with E-state index in [9.17, 15) is 0 Å². The monoisotopic (exact) mass is 212 g/mol. The quantitative estimate of drug-likeness (QED) is 0.532.